The fourth-order valence-corrected chi connectivity index (χ4v) is 2.00. The molecule has 17 heavy (non-hydrogen) atoms. The maximum Gasteiger partial charge on any atom is 0.0207 e. The Kier molecular flexibility index (Phi) is 11.8. The zero-order valence-electron chi connectivity index (χ0n) is 11.0. The highest BCUT2D eigenvalue weighted by Gasteiger charge is 1.91. The van der Waals surface area contributed by atoms with Crippen LogP contribution in [0.15, 0.2) is 28.7 Å². The average Bonchev–Trinajstić information content (AvgIpc) is 2.36. The van der Waals surface area contributed by atoms with Crippen molar-refractivity contribution in [3.8, 4) is 0 Å². The van der Waals surface area contributed by atoms with E-state index in [1.165, 1.54) is 35.7 Å². The molecule has 3 N–H and O–H groups in total. The summed E-state index contributed by atoms with van der Waals surface area (Å²) in [5.41, 5.74) is 4.00. The fraction of sp³-hybridized carbons (Fsp3) is 0.571. The molecular weight excluding hydrogens is 276 g/mol. The first kappa shape index (κ1) is 16.6. The summed E-state index contributed by atoms with van der Waals surface area (Å²) in [6.07, 6.45) is 6.25. The first-order valence-corrected chi connectivity index (χ1v) is 7.22. The van der Waals surface area contributed by atoms with Crippen molar-refractivity contribution in [2.45, 2.75) is 46.0 Å². The van der Waals surface area contributed by atoms with Gasteiger partial charge in [0.25, 0.3) is 0 Å². The van der Waals surface area contributed by atoms with Gasteiger partial charge in [-0.2, -0.15) is 0 Å². The summed E-state index contributed by atoms with van der Waals surface area (Å²) in [5.74, 6) is 5.06. The molecule has 0 aliphatic carbocycles. The maximum atomic E-state index is 5.06. The van der Waals surface area contributed by atoms with Crippen LogP contribution in [-0.4, -0.2) is 6.54 Å². The summed E-state index contributed by atoms with van der Waals surface area (Å²) in [6.45, 7) is 5.32. The Balaban J connectivity index is 0.000000304. The van der Waals surface area contributed by atoms with Crippen LogP contribution in [0.25, 0.3) is 0 Å². The highest BCUT2D eigenvalue weighted by Crippen LogP contribution is 2.15. The van der Waals surface area contributed by atoms with Crippen LogP contribution in [0.2, 0.25) is 0 Å². The predicted molar refractivity (Wildman–Crippen MR) is 79.9 cm³/mol. The van der Waals surface area contributed by atoms with Gasteiger partial charge in [-0.15, -0.1) is 0 Å². The molecule has 0 aromatic heterocycles. The summed E-state index contributed by atoms with van der Waals surface area (Å²) in [6, 6.07) is 8.29. The van der Waals surface area contributed by atoms with Gasteiger partial charge in [-0.3, -0.25) is 11.3 Å². The van der Waals surface area contributed by atoms with Crippen molar-refractivity contribution in [3.63, 3.8) is 0 Å². The van der Waals surface area contributed by atoms with Gasteiger partial charge in [-0.1, -0.05) is 67.2 Å². The third kappa shape index (κ3) is 9.33. The van der Waals surface area contributed by atoms with Gasteiger partial charge in [0.15, 0.2) is 0 Å². The lowest BCUT2D eigenvalue weighted by Gasteiger charge is -1.96. The summed E-state index contributed by atoms with van der Waals surface area (Å²) < 4.78 is 1.22. The third-order valence-corrected chi connectivity index (χ3v) is 3.29. The zero-order valence-corrected chi connectivity index (χ0v) is 12.6. The Hall–Kier alpha value is -0.380. The fourth-order valence-electron chi connectivity index (χ4n) is 1.44. The lowest BCUT2D eigenvalue weighted by atomic mass is 10.2. The topological polar surface area (TPSA) is 38.0 Å². The van der Waals surface area contributed by atoms with E-state index in [2.05, 4.69) is 53.4 Å². The van der Waals surface area contributed by atoms with Crippen molar-refractivity contribution in [3.05, 3.63) is 34.3 Å². The number of hydrazine groups is 1. The number of benzene rings is 1. The van der Waals surface area contributed by atoms with Crippen LogP contribution in [0.3, 0.4) is 0 Å². The average molecular weight is 301 g/mol. The molecular formula is C14H25BrN2. The van der Waals surface area contributed by atoms with Crippen molar-refractivity contribution in [2.24, 2.45) is 5.84 Å². The van der Waals surface area contributed by atoms with Gasteiger partial charge < -0.3 is 0 Å². The van der Waals surface area contributed by atoms with E-state index in [9.17, 15) is 0 Å². The van der Waals surface area contributed by atoms with E-state index < -0.39 is 0 Å². The van der Waals surface area contributed by atoms with E-state index >= 15 is 0 Å². The Labute approximate surface area is 114 Å². The molecule has 0 aliphatic heterocycles. The molecule has 0 fully saturated rings. The smallest absolute Gasteiger partial charge is 0.0207 e. The van der Waals surface area contributed by atoms with Gasteiger partial charge in [0.2, 0.25) is 0 Å². The van der Waals surface area contributed by atoms with E-state index in [0.717, 1.165) is 13.0 Å². The van der Waals surface area contributed by atoms with E-state index in [-0.39, 0.29) is 0 Å². The van der Waals surface area contributed by atoms with Gasteiger partial charge in [0.1, 0.15) is 0 Å². The Morgan fingerprint density at radius 1 is 1.12 bits per heavy atom. The van der Waals surface area contributed by atoms with Gasteiger partial charge in [0, 0.05) is 11.0 Å². The molecule has 2 nitrogen and oxygen atoms in total. The second-order valence-electron chi connectivity index (χ2n) is 3.96. The number of hydrogen-bond donors (Lipinski definition) is 2. The van der Waals surface area contributed by atoms with Crippen LogP contribution in [0.5, 0.6) is 0 Å². The Morgan fingerprint density at radius 3 is 2.29 bits per heavy atom. The molecule has 1 aromatic carbocycles. The number of rotatable bonds is 6. The molecule has 0 radical (unpaired) electrons. The van der Waals surface area contributed by atoms with Crippen LogP contribution in [0.1, 0.15) is 45.1 Å². The van der Waals surface area contributed by atoms with Crippen LogP contribution >= 0.6 is 15.9 Å². The molecule has 1 aromatic rings. The van der Waals surface area contributed by atoms with Crippen molar-refractivity contribution in [1.82, 2.24) is 5.43 Å². The number of hydrogen-bond acceptors (Lipinski definition) is 2. The summed E-state index contributed by atoms with van der Waals surface area (Å²) in [4.78, 5) is 0. The summed E-state index contributed by atoms with van der Waals surface area (Å²) in [7, 11) is 0. The summed E-state index contributed by atoms with van der Waals surface area (Å²) in [5, 5.41) is 0. The van der Waals surface area contributed by atoms with E-state index in [1.54, 1.807) is 0 Å². The van der Waals surface area contributed by atoms with Crippen molar-refractivity contribution < 1.29 is 0 Å². The molecule has 3 heteroatoms. The first-order chi connectivity index (χ1) is 8.26. The lowest BCUT2D eigenvalue weighted by Crippen LogP contribution is -2.22. The van der Waals surface area contributed by atoms with E-state index in [1.807, 2.05) is 6.07 Å². The van der Waals surface area contributed by atoms with E-state index in [0.29, 0.717) is 0 Å². The van der Waals surface area contributed by atoms with Crippen LogP contribution in [0.4, 0.5) is 0 Å². The minimum Gasteiger partial charge on any atom is -0.271 e. The van der Waals surface area contributed by atoms with Crippen LogP contribution in [-0.2, 0) is 6.42 Å². The summed E-state index contributed by atoms with van der Waals surface area (Å²) >= 11 is 3.46. The van der Waals surface area contributed by atoms with Crippen molar-refractivity contribution in [1.29, 1.82) is 0 Å². The van der Waals surface area contributed by atoms with Crippen LogP contribution < -0.4 is 11.3 Å². The molecule has 0 bridgehead atoms. The van der Waals surface area contributed by atoms with Gasteiger partial charge >= 0.3 is 0 Å². The number of nitrogens with one attached hydrogen (secondary N) is 1. The second kappa shape index (κ2) is 12.1. The standard InChI is InChI=1S/C8H9Br.C6H16N2/c1-2-7-5-3-4-6-8(7)9;1-2-3-4-5-6-8-7/h3-6H,2H2,1H3;8H,2-7H2,1H3. The minimum atomic E-state index is 0.958. The monoisotopic (exact) mass is 300 g/mol. The lowest BCUT2D eigenvalue weighted by molar-refractivity contribution is 0.613. The molecule has 0 atom stereocenters. The number of unbranched alkanes of at least 4 members (excludes halogenated alkanes) is 3. The second-order valence-corrected chi connectivity index (χ2v) is 4.81. The maximum absolute atomic E-state index is 5.06. The third-order valence-electron chi connectivity index (χ3n) is 2.51. The predicted octanol–water partition coefficient (Wildman–Crippen LogP) is 4.04. The molecule has 0 saturated carbocycles. The highest BCUT2D eigenvalue weighted by atomic mass is 79.9. The molecule has 1 rings (SSSR count). The highest BCUT2D eigenvalue weighted by molar-refractivity contribution is 9.10. The van der Waals surface area contributed by atoms with Gasteiger partial charge in [-0.25, -0.2) is 0 Å². The normalized spacial score (nSPS) is 9.65. The largest absolute Gasteiger partial charge is 0.271 e. The zero-order chi connectivity index (χ0) is 12.9. The first-order valence-electron chi connectivity index (χ1n) is 6.43. The molecule has 0 amide bonds. The molecule has 0 aliphatic rings. The van der Waals surface area contributed by atoms with Gasteiger partial charge in [-0.05, 0) is 24.5 Å². The Bertz CT molecular complexity index is 271. The Morgan fingerprint density at radius 2 is 1.82 bits per heavy atom. The molecule has 0 heterocycles. The van der Waals surface area contributed by atoms with E-state index in [4.69, 9.17) is 5.84 Å². The van der Waals surface area contributed by atoms with Crippen molar-refractivity contribution in [2.75, 3.05) is 6.54 Å². The molecule has 0 unspecified atom stereocenters. The molecule has 98 valence electrons. The minimum absolute atomic E-state index is 0.958. The van der Waals surface area contributed by atoms with Crippen molar-refractivity contribution >= 4 is 15.9 Å². The number of aryl methyl sites for hydroxylation is 1. The molecule has 0 spiro atoms. The number of halogens is 1. The quantitative estimate of drug-likeness (QED) is 0.473. The SMILES string of the molecule is CCCCCCNN.CCc1ccccc1Br. The van der Waals surface area contributed by atoms with Crippen LogP contribution in [0, 0.1) is 0 Å². The van der Waals surface area contributed by atoms with Gasteiger partial charge in [0.05, 0.1) is 0 Å². The number of nitrogens with two attached hydrogens (primary N) is 1. The molecule has 0 saturated heterocycles.